The van der Waals surface area contributed by atoms with Crippen LogP contribution in [-0.4, -0.2) is 18.0 Å². The Morgan fingerprint density at radius 1 is 0.967 bits per heavy atom. The van der Waals surface area contributed by atoms with E-state index in [1.807, 2.05) is 78.9 Å². The summed E-state index contributed by atoms with van der Waals surface area (Å²) in [4.78, 5) is 18.0. The smallest absolute Gasteiger partial charge is 0.242 e. The van der Waals surface area contributed by atoms with Crippen LogP contribution in [0.1, 0.15) is 16.4 Å². The van der Waals surface area contributed by atoms with Crippen LogP contribution in [0.5, 0.6) is 5.75 Å². The van der Waals surface area contributed by atoms with Gasteiger partial charge in [0.05, 0.1) is 17.7 Å². The molecule has 1 atom stereocenters. The number of hydrogen-bond acceptors (Lipinski definition) is 4. The number of carbonyl (C=O) groups is 1. The lowest BCUT2D eigenvalue weighted by atomic mass is 10.1. The number of aromatic nitrogens is 1. The Hall–Kier alpha value is -3.31. The van der Waals surface area contributed by atoms with Crippen LogP contribution in [0.25, 0.3) is 10.9 Å². The van der Waals surface area contributed by atoms with Crippen LogP contribution >= 0.6 is 11.8 Å². The summed E-state index contributed by atoms with van der Waals surface area (Å²) in [6, 6.07) is 27.2. The average Bonchev–Trinajstić information content (AvgIpc) is 2.78. The van der Waals surface area contributed by atoms with Crippen molar-refractivity contribution in [2.75, 3.05) is 12.4 Å². The zero-order valence-corrected chi connectivity index (χ0v) is 17.6. The molecular formula is C25H22N2O2S. The molecule has 5 heteroatoms. The molecule has 4 aromatic rings. The van der Waals surface area contributed by atoms with Gasteiger partial charge in [0.2, 0.25) is 5.91 Å². The minimum atomic E-state index is -0.429. The summed E-state index contributed by atoms with van der Waals surface area (Å²) in [6.45, 7) is 2.07. The number of hydrogen-bond donors (Lipinski definition) is 1. The molecule has 150 valence electrons. The number of carbonyl (C=O) groups excluding carboxylic acids is 1. The van der Waals surface area contributed by atoms with Gasteiger partial charge in [-0.3, -0.25) is 4.79 Å². The first-order chi connectivity index (χ1) is 14.6. The second-order valence-electron chi connectivity index (χ2n) is 6.92. The van der Waals surface area contributed by atoms with Crippen LogP contribution in [0.15, 0.2) is 90.0 Å². The van der Waals surface area contributed by atoms with E-state index >= 15 is 0 Å². The highest BCUT2D eigenvalue weighted by Gasteiger charge is 2.23. The Balaban J connectivity index is 1.64. The van der Waals surface area contributed by atoms with Crippen LogP contribution in [0, 0.1) is 6.92 Å². The number of thioether (sulfide) groups is 1. The molecule has 1 heterocycles. The van der Waals surface area contributed by atoms with Crippen molar-refractivity contribution in [2.24, 2.45) is 0 Å². The van der Waals surface area contributed by atoms with Crippen molar-refractivity contribution in [3.63, 3.8) is 0 Å². The first kappa shape index (κ1) is 20.0. The van der Waals surface area contributed by atoms with Crippen molar-refractivity contribution in [1.29, 1.82) is 0 Å². The lowest BCUT2D eigenvalue weighted by Gasteiger charge is -2.17. The van der Waals surface area contributed by atoms with E-state index in [9.17, 15) is 4.79 Å². The van der Waals surface area contributed by atoms with Crippen molar-refractivity contribution in [1.82, 2.24) is 4.98 Å². The van der Waals surface area contributed by atoms with Gasteiger partial charge in [0.1, 0.15) is 11.0 Å². The third-order valence-electron chi connectivity index (χ3n) is 4.84. The van der Waals surface area contributed by atoms with Crippen molar-refractivity contribution >= 4 is 34.3 Å². The van der Waals surface area contributed by atoms with Gasteiger partial charge in [-0.1, -0.05) is 60.3 Å². The van der Waals surface area contributed by atoms with E-state index in [0.29, 0.717) is 0 Å². The topological polar surface area (TPSA) is 51.2 Å². The molecule has 0 saturated carbocycles. The van der Waals surface area contributed by atoms with Gasteiger partial charge in [0.15, 0.2) is 0 Å². The highest BCUT2D eigenvalue weighted by atomic mass is 32.2. The van der Waals surface area contributed by atoms with Crippen molar-refractivity contribution < 1.29 is 9.53 Å². The number of pyridine rings is 1. The molecule has 1 aromatic heterocycles. The Morgan fingerprint density at radius 2 is 1.67 bits per heavy atom. The Labute approximate surface area is 180 Å². The lowest BCUT2D eigenvalue weighted by molar-refractivity contribution is -0.115. The van der Waals surface area contributed by atoms with Crippen molar-refractivity contribution in [2.45, 2.75) is 17.2 Å². The normalized spacial score (nSPS) is 11.8. The number of methoxy groups -OCH3 is 1. The molecular weight excluding hydrogens is 392 g/mol. The zero-order valence-electron chi connectivity index (χ0n) is 16.8. The number of para-hydroxylation sites is 1. The maximum atomic E-state index is 13.2. The van der Waals surface area contributed by atoms with Gasteiger partial charge in [0.25, 0.3) is 0 Å². The van der Waals surface area contributed by atoms with Crippen molar-refractivity contribution in [3.8, 4) is 5.75 Å². The lowest BCUT2D eigenvalue weighted by Crippen LogP contribution is -2.19. The van der Waals surface area contributed by atoms with Gasteiger partial charge in [-0.05, 0) is 54.4 Å². The number of benzene rings is 3. The molecule has 30 heavy (non-hydrogen) atoms. The fourth-order valence-corrected chi connectivity index (χ4v) is 4.38. The molecule has 1 N–H and O–H groups in total. The number of nitrogens with zero attached hydrogens (tertiary/aromatic N) is 1. The van der Waals surface area contributed by atoms with Crippen LogP contribution in [-0.2, 0) is 4.79 Å². The Kier molecular flexibility index (Phi) is 6.00. The van der Waals surface area contributed by atoms with Crippen molar-refractivity contribution in [3.05, 3.63) is 96.1 Å². The standard InChI is InChI=1S/C25H22N2O2S/c1-17-16-23(27-22-11-7-6-10-21(17)22)30-24(18-8-4-3-5-9-18)25(28)26-19-12-14-20(29-2)15-13-19/h3-16,24H,1-2H3,(H,26,28). The summed E-state index contributed by atoms with van der Waals surface area (Å²) >= 11 is 1.46. The average molecular weight is 415 g/mol. The SMILES string of the molecule is COc1ccc(NC(=O)C(Sc2cc(C)c3ccccc3n2)c2ccccc2)cc1. The Morgan fingerprint density at radius 3 is 2.40 bits per heavy atom. The number of amides is 1. The number of nitrogens with one attached hydrogen (secondary N) is 1. The van der Waals surface area contributed by atoms with Crippen LogP contribution in [0.2, 0.25) is 0 Å². The van der Waals surface area contributed by atoms with Gasteiger partial charge in [-0.2, -0.15) is 0 Å². The molecule has 0 bridgehead atoms. The Bertz CT molecular complexity index is 1160. The molecule has 4 nitrogen and oxygen atoms in total. The zero-order chi connectivity index (χ0) is 20.9. The maximum absolute atomic E-state index is 13.2. The third-order valence-corrected chi connectivity index (χ3v) is 6.01. The quantitative estimate of drug-likeness (QED) is 0.392. The molecule has 0 spiro atoms. The fourth-order valence-electron chi connectivity index (χ4n) is 3.28. The molecule has 0 aliphatic heterocycles. The van der Waals surface area contributed by atoms with Gasteiger partial charge in [0, 0.05) is 11.1 Å². The molecule has 3 aromatic carbocycles. The third kappa shape index (κ3) is 4.47. The van der Waals surface area contributed by atoms with Gasteiger partial charge in [-0.25, -0.2) is 4.98 Å². The van der Waals surface area contributed by atoms with Crippen LogP contribution < -0.4 is 10.1 Å². The molecule has 0 aliphatic carbocycles. The predicted octanol–water partition coefficient (Wildman–Crippen LogP) is 6.02. The van der Waals surface area contributed by atoms with E-state index in [1.54, 1.807) is 7.11 Å². The fraction of sp³-hybridized carbons (Fsp3) is 0.120. The number of aryl methyl sites for hydroxylation is 1. The second-order valence-corrected chi connectivity index (χ2v) is 8.05. The molecule has 0 saturated heterocycles. The number of ether oxygens (including phenoxy) is 1. The summed E-state index contributed by atoms with van der Waals surface area (Å²) in [7, 11) is 1.62. The summed E-state index contributed by atoms with van der Waals surface area (Å²) < 4.78 is 5.19. The van der Waals surface area contributed by atoms with E-state index in [4.69, 9.17) is 9.72 Å². The molecule has 1 amide bonds. The monoisotopic (exact) mass is 414 g/mol. The van der Waals surface area contributed by atoms with Gasteiger partial charge in [-0.15, -0.1) is 0 Å². The molecule has 4 rings (SSSR count). The first-order valence-corrected chi connectivity index (χ1v) is 10.5. The maximum Gasteiger partial charge on any atom is 0.242 e. The van der Waals surface area contributed by atoms with E-state index in [2.05, 4.69) is 18.3 Å². The van der Waals surface area contributed by atoms with Gasteiger partial charge >= 0.3 is 0 Å². The molecule has 0 aliphatic rings. The van der Waals surface area contributed by atoms with E-state index < -0.39 is 5.25 Å². The minimum absolute atomic E-state index is 0.0935. The highest BCUT2D eigenvalue weighted by molar-refractivity contribution is 8.00. The summed E-state index contributed by atoms with van der Waals surface area (Å²) in [6.07, 6.45) is 0. The first-order valence-electron chi connectivity index (χ1n) is 9.67. The summed E-state index contributed by atoms with van der Waals surface area (Å²) in [5, 5.41) is 4.54. The number of fused-ring (bicyclic) bond motifs is 1. The number of anilines is 1. The number of rotatable bonds is 6. The van der Waals surface area contributed by atoms with E-state index in [-0.39, 0.29) is 5.91 Å². The van der Waals surface area contributed by atoms with E-state index in [1.165, 1.54) is 11.8 Å². The molecule has 0 fully saturated rings. The molecule has 0 radical (unpaired) electrons. The minimum Gasteiger partial charge on any atom is -0.497 e. The predicted molar refractivity (Wildman–Crippen MR) is 123 cm³/mol. The van der Waals surface area contributed by atoms with Crippen LogP contribution in [0.4, 0.5) is 5.69 Å². The van der Waals surface area contributed by atoms with Gasteiger partial charge < -0.3 is 10.1 Å². The van der Waals surface area contributed by atoms with Crippen LogP contribution in [0.3, 0.4) is 0 Å². The largest absolute Gasteiger partial charge is 0.497 e. The highest BCUT2D eigenvalue weighted by Crippen LogP contribution is 2.37. The van der Waals surface area contributed by atoms with E-state index in [0.717, 1.165) is 38.5 Å². The summed E-state index contributed by atoms with van der Waals surface area (Å²) in [5.74, 6) is 0.654. The second kappa shape index (κ2) is 9.01. The molecule has 1 unspecified atom stereocenters. The summed E-state index contributed by atoms with van der Waals surface area (Å²) in [5.41, 5.74) is 3.74.